The Balaban J connectivity index is 1.27. The summed E-state index contributed by atoms with van der Waals surface area (Å²) in [6.07, 6.45) is 6.38. The van der Waals surface area contributed by atoms with E-state index >= 15 is 0 Å². The molecule has 3 heterocycles. The zero-order chi connectivity index (χ0) is 28.2. The lowest BCUT2D eigenvalue weighted by molar-refractivity contribution is -0.130. The fourth-order valence-corrected chi connectivity index (χ4v) is 5.32. The van der Waals surface area contributed by atoms with Crippen molar-refractivity contribution in [2.45, 2.75) is 39.3 Å². The molecule has 206 valence electrons. The summed E-state index contributed by atoms with van der Waals surface area (Å²) in [5, 5.41) is 25.7. The number of carbonyl (C=O) groups is 1. The number of benzene rings is 2. The van der Waals surface area contributed by atoms with Crippen molar-refractivity contribution in [3.8, 4) is 6.07 Å². The van der Waals surface area contributed by atoms with Gasteiger partial charge < -0.3 is 15.5 Å². The number of nitrogens with zero attached hydrogens (tertiary/aromatic N) is 6. The van der Waals surface area contributed by atoms with Gasteiger partial charge in [0.05, 0.1) is 39.6 Å². The number of likely N-dealkylation sites (tertiary alicyclic amines) is 1. The van der Waals surface area contributed by atoms with Gasteiger partial charge in [-0.2, -0.15) is 5.26 Å². The van der Waals surface area contributed by atoms with E-state index in [9.17, 15) is 14.4 Å². The Hall–Kier alpha value is -3.94. The zero-order valence-electron chi connectivity index (χ0n) is 21.8. The maximum atomic E-state index is 13.7. The van der Waals surface area contributed by atoms with Gasteiger partial charge in [-0.25, -0.2) is 4.39 Å². The second-order valence-corrected chi connectivity index (χ2v) is 10.6. The van der Waals surface area contributed by atoms with Crippen molar-refractivity contribution in [2.75, 3.05) is 23.7 Å². The van der Waals surface area contributed by atoms with E-state index in [0.29, 0.717) is 51.0 Å². The van der Waals surface area contributed by atoms with E-state index in [4.69, 9.17) is 23.2 Å². The molecular formula is C28H27Cl2FN8O. The second-order valence-electron chi connectivity index (χ2n) is 9.83. The summed E-state index contributed by atoms with van der Waals surface area (Å²) in [6, 6.07) is 10.00. The Bertz CT molecular complexity index is 1590. The monoisotopic (exact) mass is 580 g/mol. The number of anilines is 3. The molecule has 9 nitrogen and oxygen atoms in total. The molecular weight excluding hydrogens is 554 g/mol. The number of fused-ring (bicyclic) bond motifs is 1. The summed E-state index contributed by atoms with van der Waals surface area (Å²) in [4.78, 5) is 17.8. The summed E-state index contributed by atoms with van der Waals surface area (Å²) >= 11 is 12.5. The molecule has 2 N–H and O–H groups in total. The molecule has 1 amide bonds. The number of carbonyl (C=O) groups excluding carboxylic acids is 1. The van der Waals surface area contributed by atoms with Crippen molar-refractivity contribution >= 4 is 57.1 Å². The molecule has 5 rings (SSSR count). The number of hydrogen-bond donors (Lipinski definition) is 2. The largest absolute Gasteiger partial charge is 0.379 e. The van der Waals surface area contributed by atoms with Crippen LogP contribution in [-0.2, 0) is 17.9 Å². The molecule has 0 aliphatic carbocycles. The van der Waals surface area contributed by atoms with Gasteiger partial charge in [-0.15, -0.1) is 5.10 Å². The average molecular weight is 581 g/mol. The van der Waals surface area contributed by atoms with Crippen LogP contribution in [0.2, 0.25) is 10.0 Å². The molecule has 0 unspecified atom stereocenters. The van der Waals surface area contributed by atoms with Gasteiger partial charge in [0.15, 0.2) is 0 Å². The Morgan fingerprint density at radius 1 is 1.18 bits per heavy atom. The third kappa shape index (κ3) is 6.27. The highest BCUT2D eigenvalue weighted by molar-refractivity contribution is 6.36. The van der Waals surface area contributed by atoms with Crippen LogP contribution in [0.25, 0.3) is 10.9 Å². The minimum absolute atomic E-state index is 0.0336. The standard InChI is InChI=1S/C28H27Cl2FN8O/c1-17(40)38-7-4-18(5-8-38)6-9-39-16-22(36-37-39)15-33-21-10-23-27(35-20-2-3-26(31)24(29)11-20)19(13-32)14-34-28(23)25(30)12-21/h2-3,10-12,14,16,18,33H,4-9,15H2,1H3,(H,34,35). The molecule has 0 spiro atoms. The fourth-order valence-electron chi connectivity index (χ4n) is 4.87. The van der Waals surface area contributed by atoms with Crippen molar-refractivity contribution in [1.29, 1.82) is 5.26 Å². The van der Waals surface area contributed by atoms with E-state index in [1.54, 1.807) is 13.0 Å². The molecule has 1 saturated heterocycles. The van der Waals surface area contributed by atoms with Crippen LogP contribution in [-0.4, -0.2) is 43.9 Å². The zero-order valence-corrected chi connectivity index (χ0v) is 23.3. The normalized spacial score (nSPS) is 13.8. The highest BCUT2D eigenvalue weighted by Crippen LogP contribution is 2.35. The third-order valence-corrected chi connectivity index (χ3v) is 7.70. The van der Waals surface area contributed by atoms with Gasteiger partial charge in [0.25, 0.3) is 0 Å². The fraction of sp³-hybridized carbons (Fsp3) is 0.321. The third-order valence-electron chi connectivity index (χ3n) is 7.12. The first-order valence-electron chi connectivity index (χ1n) is 12.9. The SMILES string of the molecule is CC(=O)N1CCC(CCn2cc(CNc3cc(Cl)c4ncc(C#N)c(Nc5ccc(F)c(Cl)c5)c4c3)nn2)CC1. The number of rotatable bonds is 8. The Morgan fingerprint density at radius 3 is 2.67 bits per heavy atom. The first kappa shape index (κ1) is 27.6. The summed E-state index contributed by atoms with van der Waals surface area (Å²) in [5.41, 5.74) is 3.30. The number of aromatic nitrogens is 4. The number of aryl methyl sites for hydroxylation is 1. The van der Waals surface area contributed by atoms with Crippen molar-refractivity contribution < 1.29 is 9.18 Å². The predicted molar refractivity (Wildman–Crippen MR) is 153 cm³/mol. The Labute approximate surface area is 240 Å². The van der Waals surface area contributed by atoms with Gasteiger partial charge in [0.1, 0.15) is 17.6 Å². The lowest BCUT2D eigenvalue weighted by Gasteiger charge is -2.31. The molecule has 1 fully saturated rings. The first-order valence-corrected chi connectivity index (χ1v) is 13.7. The van der Waals surface area contributed by atoms with Crippen LogP contribution in [0.5, 0.6) is 0 Å². The van der Waals surface area contributed by atoms with Crippen LogP contribution < -0.4 is 10.6 Å². The highest BCUT2D eigenvalue weighted by Gasteiger charge is 2.20. The maximum absolute atomic E-state index is 13.7. The van der Waals surface area contributed by atoms with E-state index < -0.39 is 5.82 Å². The second kappa shape index (κ2) is 12.1. The number of halogens is 3. The maximum Gasteiger partial charge on any atom is 0.219 e. The van der Waals surface area contributed by atoms with Crippen molar-refractivity contribution in [3.05, 3.63) is 69.8 Å². The van der Waals surface area contributed by atoms with Gasteiger partial charge in [-0.05, 0) is 55.5 Å². The minimum Gasteiger partial charge on any atom is -0.379 e. The number of pyridine rings is 1. The smallest absolute Gasteiger partial charge is 0.219 e. The molecule has 4 aromatic rings. The van der Waals surface area contributed by atoms with E-state index in [-0.39, 0.29) is 10.9 Å². The Morgan fingerprint density at radius 2 is 1.95 bits per heavy atom. The molecule has 0 saturated carbocycles. The summed E-state index contributed by atoms with van der Waals surface area (Å²) in [7, 11) is 0. The van der Waals surface area contributed by atoms with Gasteiger partial charge in [-0.1, -0.05) is 28.4 Å². The minimum atomic E-state index is -0.534. The van der Waals surface area contributed by atoms with Gasteiger partial charge in [-0.3, -0.25) is 14.5 Å². The molecule has 2 aromatic carbocycles. The van der Waals surface area contributed by atoms with Crippen LogP contribution >= 0.6 is 23.2 Å². The first-order chi connectivity index (χ1) is 19.3. The van der Waals surface area contributed by atoms with E-state index in [1.807, 2.05) is 21.8 Å². The predicted octanol–water partition coefficient (Wildman–Crippen LogP) is 6.15. The molecule has 0 atom stereocenters. The van der Waals surface area contributed by atoms with E-state index in [1.165, 1.54) is 24.4 Å². The number of nitrogens with one attached hydrogen (secondary N) is 2. The molecule has 1 aliphatic heterocycles. The molecule has 12 heteroatoms. The number of nitriles is 1. The lowest BCUT2D eigenvalue weighted by atomic mass is 9.93. The molecule has 1 aliphatic rings. The van der Waals surface area contributed by atoms with Gasteiger partial charge in [0.2, 0.25) is 5.91 Å². The lowest BCUT2D eigenvalue weighted by Crippen LogP contribution is -2.37. The average Bonchev–Trinajstić information content (AvgIpc) is 3.41. The Kier molecular flexibility index (Phi) is 8.33. The number of piperidine rings is 1. The van der Waals surface area contributed by atoms with Crippen LogP contribution in [0, 0.1) is 23.1 Å². The van der Waals surface area contributed by atoms with Crippen molar-refractivity contribution in [2.24, 2.45) is 5.92 Å². The number of hydrogen-bond acceptors (Lipinski definition) is 7. The highest BCUT2D eigenvalue weighted by atomic mass is 35.5. The van der Waals surface area contributed by atoms with Crippen LogP contribution in [0.15, 0.2) is 42.7 Å². The van der Waals surface area contributed by atoms with Gasteiger partial charge in [0, 0.05) is 49.5 Å². The van der Waals surface area contributed by atoms with Crippen LogP contribution in [0.4, 0.5) is 21.5 Å². The molecule has 0 bridgehead atoms. The van der Waals surface area contributed by atoms with Crippen molar-refractivity contribution in [1.82, 2.24) is 24.9 Å². The molecule has 0 radical (unpaired) electrons. The van der Waals surface area contributed by atoms with Gasteiger partial charge >= 0.3 is 0 Å². The van der Waals surface area contributed by atoms with Crippen molar-refractivity contribution in [3.63, 3.8) is 0 Å². The topological polar surface area (TPSA) is 112 Å². The van der Waals surface area contributed by atoms with Crippen LogP contribution in [0.1, 0.15) is 37.4 Å². The van der Waals surface area contributed by atoms with Crippen LogP contribution in [0.3, 0.4) is 0 Å². The summed E-state index contributed by atoms with van der Waals surface area (Å²) < 4.78 is 15.5. The van der Waals surface area contributed by atoms with E-state index in [2.05, 4.69) is 32.0 Å². The quantitative estimate of drug-likeness (QED) is 0.257. The summed E-state index contributed by atoms with van der Waals surface area (Å²) in [6.45, 7) is 4.45. The summed E-state index contributed by atoms with van der Waals surface area (Å²) in [5.74, 6) is 0.183. The molecule has 40 heavy (non-hydrogen) atoms. The molecule has 2 aromatic heterocycles. The number of amides is 1. The van der Waals surface area contributed by atoms with E-state index in [0.717, 1.165) is 44.6 Å².